The van der Waals surface area contributed by atoms with Gasteiger partial charge in [0.1, 0.15) is 18.4 Å². The Morgan fingerprint density at radius 2 is 1.51 bits per heavy atom. The summed E-state index contributed by atoms with van der Waals surface area (Å²) in [5.74, 6) is -1.00. The highest BCUT2D eigenvalue weighted by Gasteiger charge is 2.31. The number of amides is 1. The summed E-state index contributed by atoms with van der Waals surface area (Å²) in [6.45, 7) is 3.79. The third kappa shape index (κ3) is 8.16. The van der Waals surface area contributed by atoms with Crippen molar-refractivity contribution in [2.24, 2.45) is 5.92 Å². The van der Waals surface area contributed by atoms with Crippen LogP contribution >= 0.6 is 0 Å². The molecule has 0 saturated heterocycles. The van der Waals surface area contributed by atoms with E-state index in [1.807, 2.05) is 60.7 Å². The molecule has 1 amide bonds. The number of benzene rings is 3. The molecule has 3 aromatic carbocycles. The van der Waals surface area contributed by atoms with Crippen LogP contribution in [0.5, 0.6) is 5.75 Å². The molecular formula is C28H32N2O6S. The molecule has 3 rings (SSSR count). The van der Waals surface area contributed by atoms with Crippen LogP contribution in [0, 0.1) is 5.92 Å². The number of ether oxygens (including phenoxy) is 2. The standard InChI is InChI=1S/C28H32N2O6S/c1-20(2)27(28(32)36-19-22-12-8-5-9-13-22)30-37(33,34)25-15-14-24(35-3)16-23(25)17-26(31)29-18-21-10-6-4-7-11-21/h4-16,20,27,30H,17-19H2,1-3H3,(H,29,31)/t27-/m1/s1. The van der Waals surface area contributed by atoms with Crippen LogP contribution in [0.1, 0.15) is 30.5 Å². The number of nitrogens with one attached hydrogen (secondary N) is 2. The molecule has 8 nitrogen and oxygen atoms in total. The molecule has 0 saturated carbocycles. The minimum Gasteiger partial charge on any atom is -0.497 e. The SMILES string of the molecule is COc1ccc(S(=O)(=O)N[C@@H](C(=O)OCc2ccccc2)C(C)C)c(CC(=O)NCc2ccccc2)c1. The van der Waals surface area contributed by atoms with E-state index in [0.717, 1.165) is 11.1 Å². The molecule has 0 radical (unpaired) electrons. The van der Waals surface area contributed by atoms with Gasteiger partial charge in [-0.25, -0.2) is 8.42 Å². The molecule has 0 aliphatic heterocycles. The van der Waals surface area contributed by atoms with Gasteiger partial charge in [-0.15, -0.1) is 0 Å². The van der Waals surface area contributed by atoms with Gasteiger partial charge in [-0.1, -0.05) is 74.5 Å². The predicted molar refractivity (Wildman–Crippen MR) is 140 cm³/mol. The first kappa shape index (κ1) is 27.9. The van der Waals surface area contributed by atoms with E-state index in [1.165, 1.54) is 25.3 Å². The zero-order valence-electron chi connectivity index (χ0n) is 21.1. The number of carbonyl (C=O) groups is 2. The Balaban J connectivity index is 1.76. The smallest absolute Gasteiger partial charge is 0.324 e. The lowest BCUT2D eigenvalue weighted by Gasteiger charge is -2.22. The van der Waals surface area contributed by atoms with Crippen molar-refractivity contribution in [2.45, 2.75) is 44.4 Å². The summed E-state index contributed by atoms with van der Waals surface area (Å²) in [5, 5.41) is 2.80. The third-order valence-electron chi connectivity index (χ3n) is 5.67. The Kier molecular flexibility index (Phi) is 9.82. The maximum Gasteiger partial charge on any atom is 0.324 e. The van der Waals surface area contributed by atoms with Crippen molar-refractivity contribution < 1.29 is 27.5 Å². The summed E-state index contributed by atoms with van der Waals surface area (Å²) in [7, 11) is -2.73. The van der Waals surface area contributed by atoms with Crippen molar-refractivity contribution in [3.05, 3.63) is 95.6 Å². The van der Waals surface area contributed by atoms with Crippen molar-refractivity contribution in [1.29, 1.82) is 0 Å². The molecule has 3 aromatic rings. The molecule has 37 heavy (non-hydrogen) atoms. The van der Waals surface area contributed by atoms with Gasteiger partial charge >= 0.3 is 5.97 Å². The lowest BCUT2D eigenvalue weighted by Crippen LogP contribution is -2.45. The predicted octanol–water partition coefficient (Wildman–Crippen LogP) is 3.60. The Morgan fingerprint density at radius 1 is 0.892 bits per heavy atom. The maximum absolute atomic E-state index is 13.4. The van der Waals surface area contributed by atoms with Crippen LogP contribution in [0.4, 0.5) is 0 Å². The van der Waals surface area contributed by atoms with Gasteiger partial charge in [-0.2, -0.15) is 4.72 Å². The highest BCUT2D eigenvalue weighted by atomic mass is 32.2. The van der Waals surface area contributed by atoms with E-state index in [1.54, 1.807) is 13.8 Å². The fraction of sp³-hybridized carbons (Fsp3) is 0.286. The number of hydrogen-bond acceptors (Lipinski definition) is 6. The summed E-state index contributed by atoms with van der Waals surface area (Å²) in [5.41, 5.74) is 1.96. The molecule has 0 bridgehead atoms. The van der Waals surface area contributed by atoms with Crippen LogP contribution in [0.3, 0.4) is 0 Å². The van der Waals surface area contributed by atoms with Crippen LogP contribution in [-0.4, -0.2) is 33.4 Å². The normalized spacial score (nSPS) is 12.1. The van der Waals surface area contributed by atoms with Gasteiger partial charge in [-0.05, 0) is 40.8 Å². The summed E-state index contributed by atoms with van der Waals surface area (Å²) in [6.07, 6.45) is -0.189. The van der Waals surface area contributed by atoms with Crippen LogP contribution < -0.4 is 14.8 Å². The van der Waals surface area contributed by atoms with E-state index >= 15 is 0 Å². The molecular weight excluding hydrogens is 492 g/mol. The van der Waals surface area contributed by atoms with Crippen molar-refractivity contribution in [2.75, 3.05) is 7.11 Å². The second-order valence-corrected chi connectivity index (χ2v) is 10.5. The molecule has 0 aliphatic rings. The average Bonchev–Trinajstić information content (AvgIpc) is 2.90. The van der Waals surface area contributed by atoms with Crippen molar-refractivity contribution in [1.82, 2.24) is 10.0 Å². The first-order valence-electron chi connectivity index (χ1n) is 11.9. The summed E-state index contributed by atoms with van der Waals surface area (Å²) >= 11 is 0. The number of rotatable bonds is 12. The number of sulfonamides is 1. The minimum atomic E-state index is -4.19. The summed E-state index contributed by atoms with van der Waals surface area (Å²) in [6, 6.07) is 21.8. The Morgan fingerprint density at radius 3 is 2.11 bits per heavy atom. The first-order valence-corrected chi connectivity index (χ1v) is 13.4. The molecule has 0 spiro atoms. The van der Waals surface area contributed by atoms with Gasteiger partial charge in [0, 0.05) is 6.54 Å². The monoisotopic (exact) mass is 524 g/mol. The zero-order valence-corrected chi connectivity index (χ0v) is 22.0. The topological polar surface area (TPSA) is 111 Å². The Bertz CT molecular complexity index is 1290. The molecule has 0 unspecified atom stereocenters. The maximum atomic E-state index is 13.4. The number of methoxy groups -OCH3 is 1. The minimum absolute atomic E-state index is 0.0278. The lowest BCUT2D eigenvalue weighted by molar-refractivity contribution is -0.148. The molecule has 196 valence electrons. The average molecular weight is 525 g/mol. The van der Waals surface area contributed by atoms with Gasteiger partial charge in [-0.3, -0.25) is 9.59 Å². The van der Waals surface area contributed by atoms with Gasteiger partial charge in [0.25, 0.3) is 0 Å². The van der Waals surface area contributed by atoms with Gasteiger partial charge in [0.2, 0.25) is 15.9 Å². The highest BCUT2D eigenvalue weighted by Crippen LogP contribution is 2.24. The van der Waals surface area contributed by atoms with Crippen molar-refractivity contribution >= 4 is 21.9 Å². The zero-order chi connectivity index (χ0) is 26.8. The summed E-state index contributed by atoms with van der Waals surface area (Å²) in [4.78, 5) is 25.4. The van der Waals surface area contributed by atoms with Gasteiger partial charge in [0.15, 0.2) is 0 Å². The Hall–Kier alpha value is -3.69. The van der Waals surface area contributed by atoms with Crippen molar-refractivity contribution in [3.8, 4) is 5.75 Å². The lowest BCUT2D eigenvalue weighted by atomic mass is 10.1. The van der Waals surface area contributed by atoms with Crippen LogP contribution in [0.15, 0.2) is 83.8 Å². The second-order valence-electron chi connectivity index (χ2n) is 8.85. The molecule has 0 heterocycles. The molecule has 9 heteroatoms. The first-order chi connectivity index (χ1) is 17.7. The molecule has 0 aliphatic carbocycles. The largest absolute Gasteiger partial charge is 0.497 e. The highest BCUT2D eigenvalue weighted by molar-refractivity contribution is 7.89. The van der Waals surface area contributed by atoms with E-state index in [-0.39, 0.29) is 35.3 Å². The van der Waals surface area contributed by atoms with Crippen molar-refractivity contribution in [3.63, 3.8) is 0 Å². The van der Waals surface area contributed by atoms with Crippen LogP contribution in [0.25, 0.3) is 0 Å². The Labute approximate surface area is 218 Å². The molecule has 0 aromatic heterocycles. The molecule has 0 fully saturated rings. The second kappa shape index (κ2) is 13.0. The fourth-order valence-electron chi connectivity index (χ4n) is 3.62. The van der Waals surface area contributed by atoms with E-state index in [9.17, 15) is 18.0 Å². The third-order valence-corrected chi connectivity index (χ3v) is 7.21. The van der Waals surface area contributed by atoms with Crippen LogP contribution in [-0.2, 0) is 43.9 Å². The van der Waals surface area contributed by atoms with Crippen LogP contribution in [0.2, 0.25) is 0 Å². The fourth-order valence-corrected chi connectivity index (χ4v) is 5.17. The van der Waals surface area contributed by atoms with E-state index in [0.29, 0.717) is 12.3 Å². The molecule has 1 atom stereocenters. The molecule has 2 N–H and O–H groups in total. The number of hydrogen-bond donors (Lipinski definition) is 2. The van der Waals surface area contributed by atoms with Gasteiger partial charge in [0.05, 0.1) is 18.4 Å². The quantitative estimate of drug-likeness (QED) is 0.350. The summed E-state index contributed by atoms with van der Waals surface area (Å²) < 4.78 is 39.9. The number of esters is 1. The number of carbonyl (C=O) groups excluding carboxylic acids is 2. The van der Waals surface area contributed by atoms with E-state index in [2.05, 4.69) is 10.0 Å². The van der Waals surface area contributed by atoms with E-state index in [4.69, 9.17) is 9.47 Å². The van der Waals surface area contributed by atoms with E-state index < -0.39 is 22.0 Å². The van der Waals surface area contributed by atoms with Gasteiger partial charge < -0.3 is 14.8 Å².